The van der Waals surface area contributed by atoms with E-state index in [1.807, 2.05) is 0 Å². The first kappa shape index (κ1) is 12.8. The molecular weight excluding hydrogens is 251 g/mol. The molecule has 0 amide bonds. The second-order valence-electron chi connectivity index (χ2n) is 3.88. The lowest BCUT2D eigenvalue weighted by Gasteiger charge is -2.07. The number of benzene rings is 2. The van der Waals surface area contributed by atoms with Gasteiger partial charge in [-0.1, -0.05) is 18.2 Å². The van der Waals surface area contributed by atoms with Crippen LogP contribution in [0.2, 0.25) is 0 Å². The summed E-state index contributed by atoms with van der Waals surface area (Å²) in [5, 5.41) is 17.9. The van der Waals surface area contributed by atoms with Crippen LogP contribution in [0, 0.1) is 5.82 Å². The number of aromatic carboxylic acids is 2. The van der Waals surface area contributed by atoms with Crippen LogP contribution in [0.1, 0.15) is 20.7 Å². The maximum Gasteiger partial charge on any atom is 0.336 e. The zero-order chi connectivity index (χ0) is 14.0. The molecule has 0 heterocycles. The lowest BCUT2D eigenvalue weighted by molar-refractivity contribution is 0.0687. The summed E-state index contributed by atoms with van der Waals surface area (Å²) in [6, 6.07) is 9.19. The normalized spacial score (nSPS) is 10.2. The van der Waals surface area contributed by atoms with E-state index in [2.05, 4.69) is 0 Å². The van der Waals surface area contributed by atoms with Crippen LogP contribution in [0.25, 0.3) is 11.1 Å². The molecule has 0 bridgehead atoms. The van der Waals surface area contributed by atoms with Crippen LogP contribution in [-0.4, -0.2) is 22.2 Å². The van der Waals surface area contributed by atoms with Crippen molar-refractivity contribution in [2.75, 3.05) is 0 Å². The minimum absolute atomic E-state index is 0.0400. The highest BCUT2D eigenvalue weighted by Crippen LogP contribution is 2.25. The van der Waals surface area contributed by atoms with Gasteiger partial charge >= 0.3 is 11.9 Å². The first-order chi connectivity index (χ1) is 8.99. The Balaban J connectivity index is 2.61. The van der Waals surface area contributed by atoms with Gasteiger partial charge in [-0.2, -0.15) is 0 Å². The summed E-state index contributed by atoms with van der Waals surface area (Å²) in [5.41, 5.74) is 0.523. The molecule has 0 saturated heterocycles. The maximum absolute atomic E-state index is 13.1. The number of carboxylic acids is 2. The van der Waals surface area contributed by atoms with Gasteiger partial charge in [-0.15, -0.1) is 0 Å². The fraction of sp³-hybridized carbons (Fsp3) is 0. The van der Waals surface area contributed by atoms with Crippen molar-refractivity contribution in [3.63, 3.8) is 0 Å². The molecule has 2 aromatic rings. The number of carbonyl (C=O) groups is 2. The Morgan fingerprint density at radius 1 is 0.947 bits per heavy atom. The lowest BCUT2D eigenvalue weighted by Crippen LogP contribution is -2.01. The number of hydrogen-bond donors (Lipinski definition) is 2. The van der Waals surface area contributed by atoms with Gasteiger partial charge in [0.25, 0.3) is 0 Å². The summed E-state index contributed by atoms with van der Waals surface area (Å²) in [7, 11) is 0. The van der Waals surface area contributed by atoms with Crippen LogP contribution in [-0.2, 0) is 0 Å². The molecule has 0 aliphatic rings. The molecule has 0 radical (unpaired) electrons. The van der Waals surface area contributed by atoms with Crippen LogP contribution in [0.4, 0.5) is 4.39 Å². The number of carboxylic acid groups (broad SMARTS) is 2. The molecule has 0 unspecified atom stereocenters. The SMILES string of the molecule is O=C(O)c1cccc(-c2ccc(F)cc2C(=O)O)c1. The van der Waals surface area contributed by atoms with E-state index in [9.17, 15) is 14.0 Å². The highest BCUT2D eigenvalue weighted by Gasteiger charge is 2.14. The molecule has 19 heavy (non-hydrogen) atoms. The molecule has 2 aromatic carbocycles. The van der Waals surface area contributed by atoms with E-state index >= 15 is 0 Å². The smallest absolute Gasteiger partial charge is 0.336 e. The predicted molar refractivity (Wildman–Crippen MR) is 65.8 cm³/mol. The van der Waals surface area contributed by atoms with E-state index in [0.29, 0.717) is 5.56 Å². The molecule has 0 aliphatic heterocycles. The van der Waals surface area contributed by atoms with E-state index in [-0.39, 0.29) is 16.7 Å². The van der Waals surface area contributed by atoms with Crippen LogP contribution >= 0.6 is 0 Å². The highest BCUT2D eigenvalue weighted by molar-refractivity contribution is 5.97. The largest absolute Gasteiger partial charge is 0.478 e. The fourth-order valence-corrected chi connectivity index (χ4v) is 1.76. The monoisotopic (exact) mass is 260 g/mol. The molecule has 0 aliphatic carbocycles. The second kappa shape index (κ2) is 4.89. The van der Waals surface area contributed by atoms with Crippen LogP contribution < -0.4 is 0 Å². The second-order valence-corrected chi connectivity index (χ2v) is 3.88. The lowest BCUT2D eigenvalue weighted by atomic mass is 9.98. The van der Waals surface area contributed by atoms with Crippen molar-refractivity contribution >= 4 is 11.9 Å². The van der Waals surface area contributed by atoms with Crippen molar-refractivity contribution in [2.45, 2.75) is 0 Å². The average Bonchev–Trinajstić information content (AvgIpc) is 2.38. The summed E-state index contributed by atoms with van der Waals surface area (Å²) in [6.07, 6.45) is 0. The Morgan fingerprint density at radius 2 is 1.68 bits per heavy atom. The van der Waals surface area contributed by atoms with Crippen LogP contribution in [0.15, 0.2) is 42.5 Å². The molecule has 4 nitrogen and oxygen atoms in total. The summed E-state index contributed by atoms with van der Waals surface area (Å²) in [4.78, 5) is 22.0. The Kier molecular flexibility index (Phi) is 3.29. The average molecular weight is 260 g/mol. The minimum Gasteiger partial charge on any atom is -0.478 e. The first-order valence-corrected chi connectivity index (χ1v) is 5.35. The third-order valence-corrected chi connectivity index (χ3v) is 2.63. The molecule has 0 aromatic heterocycles. The van der Waals surface area contributed by atoms with Crippen molar-refractivity contribution in [2.24, 2.45) is 0 Å². The summed E-state index contributed by atoms with van der Waals surface area (Å²) in [6.45, 7) is 0. The predicted octanol–water partition coefficient (Wildman–Crippen LogP) is 2.89. The van der Waals surface area contributed by atoms with Gasteiger partial charge in [-0.3, -0.25) is 0 Å². The van der Waals surface area contributed by atoms with Crippen molar-refractivity contribution in [3.05, 3.63) is 59.4 Å². The summed E-state index contributed by atoms with van der Waals surface area (Å²) in [5.74, 6) is -3.04. The summed E-state index contributed by atoms with van der Waals surface area (Å²) < 4.78 is 13.1. The molecule has 0 spiro atoms. The van der Waals surface area contributed by atoms with Gasteiger partial charge in [-0.05, 0) is 35.4 Å². The number of halogens is 1. The highest BCUT2D eigenvalue weighted by atomic mass is 19.1. The molecule has 2 N–H and O–H groups in total. The molecular formula is C14H9FO4. The molecule has 0 fully saturated rings. The first-order valence-electron chi connectivity index (χ1n) is 5.35. The zero-order valence-electron chi connectivity index (χ0n) is 9.63. The quantitative estimate of drug-likeness (QED) is 0.889. The molecule has 5 heteroatoms. The topological polar surface area (TPSA) is 74.6 Å². The third kappa shape index (κ3) is 2.60. The zero-order valence-corrected chi connectivity index (χ0v) is 9.63. The van der Waals surface area contributed by atoms with Gasteiger partial charge in [0.15, 0.2) is 0 Å². The molecule has 96 valence electrons. The summed E-state index contributed by atoms with van der Waals surface area (Å²) >= 11 is 0. The number of rotatable bonds is 3. The van der Waals surface area contributed by atoms with Gasteiger partial charge in [0.05, 0.1) is 11.1 Å². The van der Waals surface area contributed by atoms with Crippen LogP contribution in [0.3, 0.4) is 0 Å². The maximum atomic E-state index is 13.1. The van der Waals surface area contributed by atoms with Crippen molar-refractivity contribution in [1.29, 1.82) is 0 Å². The Morgan fingerprint density at radius 3 is 2.32 bits per heavy atom. The standard InChI is InChI=1S/C14H9FO4/c15-10-4-5-11(12(7-10)14(18)19)8-2-1-3-9(6-8)13(16)17/h1-7H,(H,16,17)(H,18,19). The molecule has 0 atom stereocenters. The van der Waals surface area contributed by atoms with Gasteiger partial charge in [0.2, 0.25) is 0 Å². The van der Waals surface area contributed by atoms with E-state index in [1.54, 1.807) is 6.07 Å². The third-order valence-electron chi connectivity index (χ3n) is 2.63. The molecule has 0 saturated carbocycles. The van der Waals surface area contributed by atoms with Crippen molar-refractivity contribution < 1.29 is 24.2 Å². The molecule has 2 rings (SSSR count). The van der Waals surface area contributed by atoms with Gasteiger partial charge in [0.1, 0.15) is 5.82 Å². The van der Waals surface area contributed by atoms with Gasteiger partial charge in [0, 0.05) is 0 Å². The Labute approximate surface area is 107 Å². The van der Waals surface area contributed by atoms with E-state index in [4.69, 9.17) is 10.2 Å². The minimum atomic E-state index is -1.27. The fourth-order valence-electron chi connectivity index (χ4n) is 1.76. The van der Waals surface area contributed by atoms with Gasteiger partial charge in [-0.25, -0.2) is 14.0 Å². The van der Waals surface area contributed by atoms with E-state index < -0.39 is 17.8 Å². The van der Waals surface area contributed by atoms with E-state index in [0.717, 1.165) is 12.1 Å². The van der Waals surface area contributed by atoms with Crippen molar-refractivity contribution in [3.8, 4) is 11.1 Å². The Hall–Kier alpha value is -2.69. The van der Waals surface area contributed by atoms with E-state index in [1.165, 1.54) is 24.3 Å². The number of hydrogen-bond acceptors (Lipinski definition) is 2. The van der Waals surface area contributed by atoms with Crippen LogP contribution in [0.5, 0.6) is 0 Å². The van der Waals surface area contributed by atoms with Crippen molar-refractivity contribution in [1.82, 2.24) is 0 Å². The van der Waals surface area contributed by atoms with Gasteiger partial charge < -0.3 is 10.2 Å². The Bertz CT molecular complexity index is 664.